The van der Waals surface area contributed by atoms with E-state index in [0.29, 0.717) is 18.0 Å². The Bertz CT molecular complexity index is 734. The number of nitrogens with one attached hydrogen (secondary N) is 2. The number of likely N-dealkylation sites (N-methyl/N-ethyl adjacent to an activating group) is 1. The molecule has 134 valence electrons. The zero-order chi connectivity index (χ0) is 18.4. The minimum atomic E-state index is -0.528. The van der Waals surface area contributed by atoms with Crippen LogP contribution in [0.15, 0.2) is 42.5 Å². The Balaban J connectivity index is 2.16. The van der Waals surface area contributed by atoms with Gasteiger partial charge < -0.3 is 19.7 Å². The molecule has 0 heterocycles. The Hall–Kier alpha value is -2.60. The molecule has 2 rings (SSSR count). The number of halogens is 1. The number of quaternary nitrogens is 1. The largest absolute Gasteiger partial charge is 0.493 e. The number of rotatable bonds is 7. The van der Waals surface area contributed by atoms with E-state index in [9.17, 15) is 9.18 Å². The summed E-state index contributed by atoms with van der Waals surface area (Å²) in [6.45, 7) is 0.366. The molecule has 0 aliphatic heterocycles. The second kappa shape index (κ2) is 8.48. The van der Waals surface area contributed by atoms with Gasteiger partial charge in [-0.2, -0.15) is 0 Å². The Morgan fingerprint density at radius 1 is 1.12 bits per heavy atom. The second-order valence-corrected chi connectivity index (χ2v) is 5.93. The molecule has 2 aromatic carbocycles. The van der Waals surface area contributed by atoms with Crippen LogP contribution in [0.25, 0.3) is 0 Å². The number of hydrogen-bond acceptors (Lipinski definition) is 3. The van der Waals surface area contributed by atoms with E-state index in [4.69, 9.17) is 9.47 Å². The second-order valence-electron chi connectivity index (χ2n) is 5.93. The molecule has 6 heteroatoms. The molecule has 0 radical (unpaired) electrons. The number of benzene rings is 2. The van der Waals surface area contributed by atoms with Crippen molar-refractivity contribution in [2.45, 2.75) is 6.04 Å². The molecule has 0 unspecified atom stereocenters. The summed E-state index contributed by atoms with van der Waals surface area (Å²) in [5, 5.41) is 2.81. The van der Waals surface area contributed by atoms with Crippen molar-refractivity contribution < 1.29 is 23.6 Å². The van der Waals surface area contributed by atoms with Crippen molar-refractivity contribution in [2.75, 3.05) is 34.9 Å². The minimum Gasteiger partial charge on any atom is -0.493 e. The molecule has 0 aromatic heterocycles. The predicted octanol–water partition coefficient (Wildman–Crippen LogP) is 1.46. The van der Waals surface area contributed by atoms with Crippen LogP contribution in [0.2, 0.25) is 0 Å². The van der Waals surface area contributed by atoms with E-state index in [0.717, 1.165) is 10.5 Å². The first kappa shape index (κ1) is 18.7. The van der Waals surface area contributed by atoms with Crippen LogP contribution in [-0.2, 0) is 0 Å². The topological polar surface area (TPSA) is 52.0 Å². The first-order valence-corrected chi connectivity index (χ1v) is 8.02. The average molecular weight is 347 g/mol. The van der Waals surface area contributed by atoms with Gasteiger partial charge in [0, 0.05) is 5.56 Å². The molecule has 5 nitrogen and oxygen atoms in total. The predicted molar refractivity (Wildman–Crippen MR) is 93.8 cm³/mol. The van der Waals surface area contributed by atoms with E-state index < -0.39 is 11.7 Å². The first-order valence-electron chi connectivity index (χ1n) is 8.02. The highest BCUT2D eigenvalue weighted by atomic mass is 19.1. The third kappa shape index (κ3) is 4.48. The van der Waals surface area contributed by atoms with E-state index >= 15 is 0 Å². The van der Waals surface area contributed by atoms with Crippen LogP contribution in [-0.4, -0.2) is 40.8 Å². The van der Waals surface area contributed by atoms with Crippen molar-refractivity contribution in [2.24, 2.45) is 0 Å². The maximum absolute atomic E-state index is 13.7. The molecule has 1 atom stereocenters. The SMILES string of the molecule is COc1ccc([C@@H](CNC(=O)c2ccccc2F)[NH+](C)C)cc1OC. The van der Waals surface area contributed by atoms with Gasteiger partial charge in [0.2, 0.25) is 0 Å². The summed E-state index contributed by atoms with van der Waals surface area (Å²) in [5.41, 5.74) is 1.04. The smallest absolute Gasteiger partial charge is 0.254 e. The molecule has 0 saturated heterocycles. The van der Waals surface area contributed by atoms with Crippen LogP contribution in [0, 0.1) is 5.82 Å². The van der Waals surface area contributed by atoms with Crippen LogP contribution in [0.1, 0.15) is 22.0 Å². The molecule has 0 bridgehead atoms. The molecule has 25 heavy (non-hydrogen) atoms. The number of carbonyl (C=O) groups excluding carboxylic acids is 1. The molecule has 0 saturated carbocycles. The Morgan fingerprint density at radius 3 is 2.40 bits per heavy atom. The van der Waals surface area contributed by atoms with E-state index in [2.05, 4.69) is 5.32 Å². The highest BCUT2D eigenvalue weighted by molar-refractivity contribution is 5.94. The molecule has 0 aliphatic rings. The third-order valence-electron chi connectivity index (χ3n) is 4.09. The van der Waals surface area contributed by atoms with Gasteiger partial charge in [-0.05, 0) is 30.3 Å². The summed E-state index contributed by atoms with van der Waals surface area (Å²) in [4.78, 5) is 13.4. The van der Waals surface area contributed by atoms with E-state index in [1.165, 1.54) is 12.1 Å². The normalized spacial score (nSPS) is 11.9. The molecule has 2 aromatic rings. The van der Waals surface area contributed by atoms with E-state index in [-0.39, 0.29) is 11.6 Å². The molecular formula is C19H24FN2O3+. The quantitative estimate of drug-likeness (QED) is 0.797. The zero-order valence-electron chi connectivity index (χ0n) is 14.9. The zero-order valence-corrected chi connectivity index (χ0v) is 14.9. The Morgan fingerprint density at radius 2 is 1.80 bits per heavy atom. The highest BCUT2D eigenvalue weighted by Crippen LogP contribution is 2.29. The summed E-state index contributed by atoms with van der Waals surface area (Å²) >= 11 is 0. The maximum atomic E-state index is 13.7. The fourth-order valence-electron chi connectivity index (χ4n) is 2.66. The van der Waals surface area contributed by atoms with Gasteiger partial charge in [0.1, 0.15) is 11.9 Å². The van der Waals surface area contributed by atoms with Gasteiger partial charge in [0.05, 0.1) is 40.4 Å². The monoisotopic (exact) mass is 347 g/mol. The van der Waals surface area contributed by atoms with Gasteiger partial charge in [-0.25, -0.2) is 4.39 Å². The van der Waals surface area contributed by atoms with E-state index in [1.54, 1.807) is 26.4 Å². The van der Waals surface area contributed by atoms with Crippen molar-refractivity contribution in [3.8, 4) is 11.5 Å². The highest BCUT2D eigenvalue weighted by Gasteiger charge is 2.21. The molecule has 1 amide bonds. The summed E-state index contributed by atoms with van der Waals surface area (Å²) in [5.74, 6) is 0.325. The molecule has 2 N–H and O–H groups in total. The van der Waals surface area contributed by atoms with Gasteiger partial charge in [0.15, 0.2) is 11.5 Å². The van der Waals surface area contributed by atoms with Crippen molar-refractivity contribution >= 4 is 5.91 Å². The van der Waals surface area contributed by atoms with Gasteiger partial charge >= 0.3 is 0 Å². The Kier molecular flexibility index (Phi) is 6.36. The molecular weight excluding hydrogens is 323 g/mol. The summed E-state index contributed by atoms with van der Waals surface area (Å²) in [6.07, 6.45) is 0. The van der Waals surface area contributed by atoms with Crippen LogP contribution < -0.4 is 19.7 Å². The van der Waals surface area contributed by atoms with Gasteiger partial charge in [0.25, 0.3) is 5.91 Å². The van der Waals surface area contributed by atoms with Crippen LogP contribution in [0.3, 0.4) is 0 Å². The van der Waals surface area contributed by atoms with Crippen molar-refractivity contribution in [3.05, 3.63) is 59.4 Å². The standard InChI is InChI=1S/C19H23FN2O3/c1-22(2)16(13-9-10-17(24-3)18(11-13)25-4)12-21-19(23)14-7-5-6-8-15(14)20/h5-11,16H,12H2,1-4H3,(H,21,23)/p+1/t16-/m1/s1. The summed E-state index contributed by atoms with van der Waals surface area (Å²) in [7, 11) is 7.16. The average Bonchev–Trinajstić information content (AvgIpc) is 2.61. The minimum absolute atomic E-state index is 0.0180. The van der Waals surface area contributed by atoms with Crippen molar-refractivity contribution in [1.29, 1.82) is 0 Å². The van der Waals surface area contributed by atoms with Gasteiger partial charge in [-0.15, -0.1) is 0 Å². The van der Waals surface area contributed by atoms with Gasteiger partial charge in [-0.1, -0.05) is 12.1 Å². The molecule has 0 fully saturated rings. The summed E-state index contributed by atoms with van der Waals surface area (Å²) in [6, 6.07) is 11.6. The number of ether oxygens (including phenoxy) is 2. The number of methoxy groups -OCH3 is 2. The van der Waals surface area contributed by atoms with Crippen molar-refractivity contribution in [3.63, 3.8) is 0 Å². The lowest BCUT2D eigenvalue weighted by Gasteiger charge is -2.23. The maximum Gasteiger partial charge on any atom is 0.254 e. The van der Waals surface area contributed by atoms with E-state index in [1.807, 2.05) is 32.3 Å². The van der Waals surface area contributed by atoms with Crippen LogP contribution in [0.4, 0.5) is 4.39 Å². The lowest BCUT2D eigenvalue weighted by Crippen LogP contribution is -3.07. The van der Waals surface area contributed by atoms with Crippen LogP contribution >= 0.6 is 0 Å². The van der Waals surface area contributed by atoms with Crippen molar-refractivity contribution in [1.82, 2.24) is 5.32 Å². The number of carbonyl (C=O) groups is 1. The number of amides is 1. The van der Waals surface area contributed by atoms with Gasteiger partial charge in [-0.3, -0.25) is 4.79 Å². The fourth-order valence-corrected chi connectivity index (χ4v) is 2.66. The molecule has 0 aliphatic carbocycles. The fraction of sp³-hybridized carbons (Fsp3) is 0.316. The number of hydrogen-bond donors (Lipinski definition) is 2. The lowest BCUT2D eigenvalue weighted by molar-refractivity contribution is -0.890. The van der Waals surface area contributed by atoms with Crippen LogP contribution in [0.5, 0.6) is 11.5 Å². The molecule has 0 spiro atoms. The third-order valence-corrected chi connectivity index (χ3v) is 4.09. The Labute approximate surface area is 147 Å². The summed E-state index contributed by atoms with van der Waals surface area (Å²) < 4.78 is 24.3. The first-order chi connectivity index (χ1) is 12.0. The lowest BCUT2D eigenvalue weighted by atomic mass is 10.0.